The standard InChI is InChI=1S/C16H12ClN3O4/c17-10-3-5-11(6-4-10)19-7-1-2-12(19)8-13-15(23)20(9-14(21)22)16(24)18-13/h1-8H,9H2,(H,18,24)(H,21,22)/b13-8+. The number of benzene rings is 1. The second kappa shape index (κ2) is 6.21. The topological polar surface area (TPSA) is 91.6 Å². The number of carboxylic acid groups (broad SMARTS) is 1. The minimum atomic E-state index is -1.26. The lowest BCUT2D eigenvalue weighted by atomic mass is 10.2. The van der Waals surface area contributed by atoms with Gasteiger partial charge in [0.1, 0.15) is 12.2 Å². The number of halogens is 1. The summed E-state index contributed by atoms with van der Waals surface area (Å²) in [6.07, 6.45) is 3.29. The van der Waals surface area contributed by atoms with E-state index in [4.69, 9.17) is 16.7 Å². The molecule has 0 aliphatic carbocycles. The Morgan fingerprint density at radius 2 is 1.92 bits per heavy atom. The molecule has 0 atom stereocenters. The van der Waals surface area contributed by atoms with E-state index in [1.807, 2.05) is 16.7 Å². The van der Waals surface area contributed by atoms with Crippen molar-refractivity contribution >= 4 is 35.6 Å². The summed E-state index contributed by atoms with van der Waals surface area (Å²) in [4.78, 5) is 35.2. The number of carboxylic acids is 1. The lowest BCUT2D eigenvalue weighted by Gasteiger charge is -2.08. The Morgan fingerprint density at radius 1 is 1.21 bits per heavy atom. The van der Waals surface area contributed by atoms with Crippen LogP contribution in [0, 0.1) is 0 Å². The predicted molar refractivity (Wildman–Crippen MR) is 86.6 cm³/mol. The van der Waals surface area contributed by atoms with Gasteiger partial charge in [0.15, 0.2) is 0 Å². The number of aliphatic carboxylic acids is 1. The summed E-state index contributed by atoms with van der Waals surface area (Å²) >= 11 is 5.88. The summed E-state index contributed by atoms with van der Waals surface area (Å²) in [7, 11) is 0. The van der Waals surface area contributed by atoms with Crippen LogP contribution in [0.4, 0.5) is 4.79 Å². The molecule has 122 valence electrons. The lowest BCUT2D eigenvalue weighted by molar-refractivity contribution is -0.140. The van der Waals surface area contributed by atoms with Crippen LogP contribution in [-0.4, -0.2) is 39.0 Å². The first-order chi connectivity index (χ1) is 11.5. The third-order valence-corrected chi connectivity index (χ3v) is 3.68. The van der Waals surface area contributed by atoms with Gasteiger partial charge in [0.25, 0.3) is 5.91 Å². The molecule has 1 aromatic carbocycles. The molecule has 0 bridgehead atoms. The predicted octanol–water partition coefficient (Wildman–Crippen LogP) is 2.11. The number of hydrogen-bond donors (Lipinski definition) is 2. The van der Waals surface area contributed by atoms with Crippen LogP contribution in [0.3, 0.4) is 0 Å². The van der Waals surface area contributed by atoms with E-state index in [0.29, 0.717) is 15.6 Å². The summed E-state index contributed by atoms with van der Waals surface area (Å²) in [5.41, 5.74) is 1.50. The summed E-state index contributed by atoms with van der Waals surface area (Å²) in [6.45, 7) is -0.680. The molecule has 3 rings (SSSR count). The van der Waals surface area contributed by atoms with Gasteiger partial charge in [-0.3, -0.25) is 9.59 Å². The first-order valence-electron chi connectivity index (χ1n) is 6.95. The molecule has 0 saturated carbocycles. The number of nitrogens with zero attached hydrogens (tertiary/aromatic N) is 2. The van der Waals surface area contributed by atoms with Crippen LogP contribution in [0.25, 0.3) is 11.8 Å². The molecular weight excluding hydrogens is 334 g/mol. The van der Waals surface area contributed by atoms with Crippen molar-refractivity contribution in [2.45, 2.75) is 0 Å². The van der Waals surface area contributed by atoms with Gasteiger partial charge in [-0.05, 0) is 42.5 Å². The normalized spacial score (nSPS) is 15.9. The van der Waals surface area contributed by atoms with Crippen LogP contribution < -0.4 is 5.32 Å². The number of imide groups is 1. The Kier molecular flexibility index (Phi) is 4.09. The number of urea groups is 1. The largest absolute Gasteiger partial charge is 0.480 e. The summed E-state index contributed by atoms with van der Waals surface area (Å²) in [5.74, 6) is -1.93. The maximum Gasteiger partial charge on any atom is 0.329 e. The lowest BCUT2D eigenvalue weighted by Crippen LogP contribution is -2.35. The fourth-order valence-electron chi connectivity index (χ4n) is 2.35. The van der Waals surface area contributed by atoms with Gasteiger partial charge >= 0.3 is 12.0 Å². The van der Waals surface area contributed by atoms with Crippen molar-refractivity contribution in [1.29, 1.82) is 0 Å². The fourth-order valence-corrected chi connectivity index (χ4v) is 2.47. The summed E-state index contributed by atoms with van der Waals surface area (Å²) in [5, 5.41) is 11.8. The number of hydrogen-bond acceptors (Lipinski definition) is 3. The number of carbonyl (C=O) groups excluding carboxylic acids is 2. The van der Waals surface area contributed by atoms with Gasteiger partial charge in [-0.2, -0.15) is 0 Å². The van der Waals surface area contributed by atoms with Crippen molar-refractivity contribution in [3.63, 3.8) is 0 Å². The zero-order valence-electron chi connectivity index (χ0n) is 12.3. The highest BCUT2D eigenvalue weighted by Gasteiger charge is 2.35. The Morgan fingerprint density at radius 3 is 2.58 bits per heavy atom. The van der Waals surface area contributed by atoms with E-state index < -0.39 is 24.5 Å². The Balaban J connectivity index is 1.92. The molecule has 0 radical (unpaired) electrons. The van der Waals surface area contributed by atoms with E-state index >= 15 is 0 Å². The van der Waals surface area contributed by atoms with E-state index in [-0.39, 0.29) is 5.70 Å². The van der Waals surface area contributed by atoms with Gasteiger partial charge in [0, 0.05) is 22.6 Å². The van der Waals surface area contributed by atoms with Gasteiger partial charge in [0.05, 0.1) is 0 Å². The summed E-state index contributed by atoms with van der Waals surface area (Å²) in [6, 6.07) is 9.92. The van der Waals surface area contributed by atoms with Crippen LogP contribution in [0.15, 0.2) is 48.3 Å². The van der Waals surface area contributed by atoms with Gasteiger partial charge < -0.3 is 15.0 Å². The van der Waals surface area contributed by atoms with Gasteiger partial charge in [-0.25, -0.2) is 9.69 Å². The first kappa shape index (κ1) is 15.8. The van der Waals surface area contributed by atoms with E-state index in [1.165, 1.54) is 6.08 Å². The third-order valence-electron chi connectivity index (χ3n) is 3.43. The molecular formula is C16H12ClN3O4. The van der Waals surface area contributed by atoms with Crippen LogP contribution in [0.1, 0.15) is 5.69 Å². The Bertz CT molecular complexity index is 854. The van der Waals surface area contributed by atoms with Gasteiger partial charge in [-0.1, -0.05) is 11.6 Å². The third kappa shape index (κ3) is 3.02. The minimum Gasteiger partial charge on any atom is -0.480 e. The number of carbonyl (C=O) groups is 3. The van der Waals surface area contributed by atoms with E-state index in [9.17, 15) is 14.4 Å². The number of nitrogens with one attached hydrogen (secondary N) is 1. The smallest absolute Gasteiger partial charge is 0.329 e. The van der Waals surface area contributed by atoms with E-state index in [0.717, 1.165) is 5.69 Å². The van der Waals surface area contributed by atoms with Crippen molar-refractivity contribution in [2.75, 3.05) is 6.54 Å². The molecule has 2 heterocycles. The van der Waals surface area contributed by atoms with E-state index in [2.05, 4.69) is 5.32 Å². The molecule has 1 aliphatic heterocycles. The van der Waals surface area contributed by atoms with Crippen molar-refractivity contribution in [3.8, 4) is 5.69 Å². The maximum atomic E-state index is 12.2. The van der Waals surface area contributed by atoms with E-state index in [1.54, 1.807) is 30.5 Å². The molecule has 0 unspecified atom stereocenters. The van der Waals surface area contributed by atoms with Crippen LogP contribution in [0.2, 0.25) is 5.02 Å². The number of aromatic nitrogens is 1. The molecule has 2 N–H and O–H groups in total. The van der Waals surface area contributed by atoms with Crippen LogP contribution >= 0.6 is 11.6 Å². The monoisotopic (exact) mass is 345 g/mol. The molecule has 24 heavy (non-hydrogen) atoms. The summed E-state index contributed by atoms with van der Waals surface area (Å²) < 4.78 is 1.81. The van der Waals surface area contributed by atoms with Crippen LogP contribution in [-0.2, 0) is 9.59 Å². The highest BCUT2D eigenvalue weighted by molar-refractivity contribution is 6.30. The molecule has 0 spiro atoms. The minimum absolute atomic E-state index is 0.0233. The molecule has 1 fully saturated rings. The van der Waals surface area contributed by atoms with Crippen molar-refractivity contribution in [2.24, 2.45) is 0 Å². The number of rotatable bonds is 4. The quantitative estimate of drug-likeness (QED) is 0.655. The van der Waals surface area contributed by atoms with Gasteiger partial charge in [-0.15, -0.1) is 0 Å². The molecule has 1 aromatic heterocycles. The van der Waals surface area contributed by atoms with Crippen molar-refractivity contribution in [1.82, 2.24) is 14.8 Å². The molecule has 3 amide bonds. The molecule has 2 aromatic rings. The maximum absolute atomic E-state index is 12.2. The molecule has 8 heteroatoms. The molecule has 1 saturated heterocycles. The Labute approximate surface area is 141 Å². The van der Waals surface area contributed by atoms with Crippen molar-refractivity contribution < 1.29 is 19.5 Å². The highest BCUT2D eigenvalue weighted by Crippen LogP contribution is 2.19. The fraction of sp³-hybridized carbons (Fsp3) is 0.0625. The first-order valence-corrected chi connectivity index (χ1v) is 7.33. The zero-order valence-corrected chi connectivity index (χ0v) is 13.0. The second-order valence-corrected chi connectivity index (χ2v) is 5.49. The molecule has 7 nitrogen and oxygen atoms in total. The number of amides is 3. The SMILES string of the molecule is O=C(O)CN1C(=O)N/C(=C/c2cccn2-c2ccc(Cl)cc2)C1=O. The Hall–Kier alpha value is -3.06. The van der Waals surface area contributed by atoms with Gasteiger partial charge in [0.2, 0.25) is 0 Å². The molecule has 1 aliphatic rings. The highest BCUT2D eigenvalue weighted by atomic mass is 35.5. The second-order valence-electron chi connectivity index (χ2n) is 5.05. The zero-order chi connectivity index (χ0) is 17.3. The average molecular weight is 346 g/mol. The van der Waals surface area contributed by atoms with Crippen LogP contribution in [0.5, 0.6) is 0 Å². The average Bonchev–Trinajstić information content (AvgIpc) is 3.09. The van der Waals surface area contributed by atoms with Crippen molar-refractivity contribution in [3.05, 3.63) is 59.0 Å².